The maximum atomic E-state index is 12.6. The van der Waals surface area contributed by atoms with Gasteiger partial charge in [0.25, 0.3) is 0 Å². The number of ether oxygens (including phenoxy) is 1. The molecule has 0 aliphatic carbocycles. The van der Waals surface area contributed by atoms with Gasteiger partial charge in [0.15, 0.2) is 0 Å². The van der Waals surface area contributed by atoms with Gasteiger partial charge in [0.2, 0.25) is 11.7 Å². The fourth-order valence-electron chi connectivity index (χ4n) is 3.43. The lowest BCUT2D eigenvalue weighted by Gasteiger charge is -2.35. The summed E-state index contributed by atoms with van der Waals surface area (Å²) in [7, 11) is 0. The molecule has 1 aliphatic rings. The summed E-state index contributed by atoms with van der Waals surface area (Å²) in [5.41, 5.74) is 1.57. The van der Waals surface area contributed by atoms with E-state index in [0.717, 1.165) is 22.8 Å². The fourth-order valence-corrected chi connectivity index (χ4v) is 3.43. The number of amides is 2. The Kier molecular flexibility index (Phi) is 6.53. The number of pyridine rings is 1. The highest BCUT2D eigenvalue weighted by molar-refractivity contribution is 5.89. The first-order valence-corrected chi connectivity index (χ1v) is 10.9. The van der Waals surface area contributed by atoms with Gasteiger partial charge < -0.3 is 24.4 Å². The molecule has 4 rings (SSSR count). The van der Waals surface area contributed by atoms with Crippen molar-refractivity contribution in [3.8, 4) is 17.1 Å². The van der Waals surface area contributed by atoms with Crippen LogP contribution in [-0.4, -0.2) is 58.8 Å². The number of nitrogens with zero attached hydrogens (tertiary/aromatic N) is 5. The molecule has 9 nitrogen and oxygen atoms in total. The second-order valence-electron chi connectivity index (χ2n) is 7.88. The van der Waals surface area contributed by atoms with Crippen molar-refractivity contribution in [3.05, 3.63) is 48.5 Å². The van der Waals surface area contributed by atoms with Crippen LogP contribution in [0.5, 0.6) is 5.75 Å². The molecule has 3 aromatic rings. The first-order valence-electron chi connectivity index (χ1n) is 10.9. The molecule has 2 aromatic heterocycles. The molecule has 168 valence electrons. The Morgan fingerprint density at radius 1 is 1.12 bits per heavy atom. The Morgan fingerprint density at radius 3 is 2.47 bits per heavy atom. The zero-order chi connectivity index (χ0) is 22.5. The molecule has 0 saturated carbocycles. The van der Waals surface area contributed by atoms with Crippen LogP contribution in [0.1, 0.15) is 32.6 Å². The number of nitrogens with one attached hydrogen (secondary N) is 1. The molecule has 3 heterocycles. The number of benzene rings is 1. The van der Waals surface area contributed by atoms with Crippen molar-refractivity contribution in [3.63, 3.8) is 0 Å². The second kappa shape index (κ2) is 9.67. The van der Waals surface area contributed by atoms with Gasteiger partial charge in [-0.05, 0) is 43.3 Å². The normalized spacial score (nSPS) is 14.0. The van der Waals surface area contributed by atoms with Gasteiger partial charge in [0.05, 0.1) is 6.61 Å². The highest BCUT2D eigenvalue weighted by Crippen LogP contribution is 2.22. The van der Waals surface area contributed by atoms with Crippen molar-refractivity contribution in [1.29, 1.82) is 0 Å². The van der Waals surface area contributed by atoms with E-state index in [9.17, 15) is 4.79 Å². The molecule has 9 heteroatoms. The van der Waals surface area contributed by atoms with E-state index >= 15 is 0 Å². The number of hydrogen-bond donors (Lipinski definition) is 1. The van der Waals surface area contributed by atoms with Crippen molar-refractivity contribution in [2.24, 2.45) is 0 Å². The predicted octanol–water partition coefficient (Wildman–Crippen LogP) is 4.01. The van der Waals surface area contributed by atoms with Crippen LogP contribution in [0, 0.1) is 0 Å². The van der Waals surface area contributed by atoms with Crippen molar-refractivity contribution >= 4 is 17.5 Å². The molecule has 0 atom stereocenters. The zero-order valence-electron chi connectivity index (χ0n) is 18.6. The predicted molar refractivity (Wildman–Crippen MR) is 122 cm³/mol. The van der Waals surface area contributed by atoms with Crippen LogP contribution >= 0.6 is 0 Å². The van der Waals surface area contributed by atoms with Crippen molar-refractivity contribution in [2.75, 3.05) is 43.0 Å². The smallest absolute Gasteiger partial charge is 0.321 e. The Morgan fingerprint density at radius 2 is 1.88 bits per heavy atom. The van der Waals surface area contributed by atoms with Crippen molar-refractivity contribution < 1.29 is 14.1 Å². The molecule has 0 radical (unpaired) electrons. The minimum absolute atomic E-state index is 0.102. The summed E-state index contributed by atoms with van der Waals surface area (Å²) in [5.74, 6) is 3.00. The third kappa shape index (κ3) is 4.99. The third-order valence-electron chi connectivity index (χ3n) is 5.25. The number of carbonyl (C=O) groups is 1. The number of piperazine rings is 1. The Balaban J connectivity index is 1.30. The highest BCUT2D eigenvalue weighted by atomic mass is 16.5. The van der Waals surface area contributed by atoms with E-state index in [2.05, 4.69) is 25.3 Å². The third-order valence-corrected chi connectivity index (χ3v) is 5.25. The van der Waals surface area contributed by atoms with Gasteiger partial charge in [0.1, 0.15) is 11.6 Å². The van der Waals surface area contributed by atoms with E-state index in [0.29, 0.717) is 44.5 Å². The first kappa shape index (κ1) is 21.6. The summed E-state index contributed by atoms with van der Waals surface area (Å²) < 4.78 is 10.7. The van der Waals surface area contributed by atoms with E-state index in [-0.39, 0.29) is 11.9 Å². The van der Waals surface area contributed by atoms with Crippen molar-refractivity contribution in [1.82, 2.24) is 20.0 Å². The summed E-state index contributed by atoms with van der Waals surface area (Å²) in [6, 6.07) is 11.2. The number of urea groups is 1. The quantitative estimate of drug-likeness (QED) is 0.624. The molecule has 0 spiro atoms. The van der Waals surface area contributed by atoms with E-state index in [1.54, 1.807) is 6.20 Å². The number of rotatable bonds is 6. The van der Waals surface area contributed by atoms with E-state index in [1.165, 1.54) is 0 Å². The maximum Gasteiger partial charge on any atom is 0.321 e. The van der Waals surface area contributed by atoms with Crippen molar-refractivity contribution in [2.45, 2.75) is 26.7 Å². The zero-order valence-corrected chi connectivity index (χ0v) is 18.6. The lowest BCUT2D eigenvalue weighted by atomic mass is 10.2. The number of carbonyl (C=O) groups excluding carboxylic acids is 1. The topological polar surface area (TPSA) is 96.6 Å². The summed E-state index contributed by atoms with van der Waals surface area (Å²) in [5, 5.41) is 6.98. The van der Waals surface area contributed by atoms with Gasteiger partial charge >= 0.3 is 6.03 Å². The van der Waals surface area contributed by atoms with Gasteiger partial charge in [-0.25, -0.2) is 9.78 Å². The molecule has 2 amide bonds. The average Bonchev–Trinajstić information content (AvgIpc) is 3.32. The molecular formula is C23H28N6O3. The Bertz CT molecular complexity index is 1020. The SMILES string of the molecule is CCOc1ccc(NC(=O)N2CCN(c3ccc(-c4noc(C(C)C)n4)cn3)CC2)cc1. The first-order chi connectivity index (χ1) is 15.5. The van der Waals surface area contributed by atoms with Crippen LogP contribution < -0.4 is 15.0 Å². The molecule has 1 aromatic carbocycles. The van der Waals surface area contributed by atoms with Gasteiger partial charge in [-0.1, -0.05) is 19.0 Å². The Hall–Kier alpha value is -3.62. The van der Waals surface area contributed by atoms with Crippen LogP contribution in [0.2, 0.25) is 0 Å². The number of anilines is 2. The fraction of sp³-hybridized carbons (Fsp3) is 0.391. The molecule has 1 fully saturated rings. The highest BCUT2D eigenvalue weighted by Gasteiger charge is 2.22. The van der Waals surface area contributed by atoms with Gasteiger partial charge in [-0.15, -0.1) is 0 Å². The van der Waals surface area contributed by atoms with Crippen LogP contribution in [0.4, 0.5) is 16.3 Å². The van der Waals surface area contributed by atoms with Gasteiger partial charge in [0, 0.05) is 49.5 Å². The van der Waals surface area contributed by atoms with E-state index < -0.39 is 0 Å². The van der Waals surface area contributed by atoms with Crippen LogP contribution in [0.15, 0.2) is 47.1 Å². The number of aromatic nitrogens is 3. The largest absolute Gasteiger partial charge is 0.494 e. The summed E-state index contributed by atoms with van der Waals surface area (Å²) in [6.07, 6.45) is 1.76. The standard InChI is InChI=1S/C23H28N6O3/c1-4-31-19-8-6-18(7-9-19)25-23(30)29-13-11-28(12-14-29)20-10-5-17(15-24-20)21-26-22(16(2)3)32-27-21/h5-10,15-16H,4,11-14H2,1-3H3,(H,25,30). The van der Waals surface area contributed by atoms with Gasteiger partial charge in [-0.3, -0.25) is 0 Å². The summed E-state index contributed by atoms with van der Waals surface area (Å²) >= 11 is 0. The monoisotopic (exact) mass is 436 g/mol. The van der Waals surface area contributed by atoms with E-state index in [4.69, 9.17) is 9.26 Å². The van der Waals surface area contributed by atoms with Crippen LogP contribution in [0.25, 0.3) is 11.4 Å². The molecule has 0 unspecified atom stereocenters. The molecule has 1 aliphatic heterocycles. The lowest BCUT2D eigenvalue weighted by Crippen LogP contribution is -2.50. The maximum absolute atomic E-state index is 12.6. The van der Waals surface area contributed by atoms with E-state index in [1.807, 2.05) is 62.1 Å². The minimum atomic E-state index is -0.102. The second-order valence-corrected chi connectivity index (χ2v) is 7.88. The Labute approximate surface area is 187 Å². The summed E-state index contributed by atoms with van der Waals surface area (Å²) in [4.78, 5) is 25.6. The molecule has 1 saturated heterocycles. The van der Waals surface area contributed by atoms with Crippen LogP contribution in [-0.2, 0) is 0 Å². The summed E-state index contributed by atoms with van der Waals surface area (Å²) in [6.45, 7) is 9.24. The molecule has 32 heavy (non-hydrogen) atoms. The number of hydrogen-bond acceptors (Lipinski definition) is 7. The van der Waals surface area contributed by atoms with Gasteiger partial charge in [-0.2, -0.15) is 4.98 Å². The average molecular weight is 437 g/mol. The minimum Gasteiger partial charge on any atom is -0.494 e. The molecular weight excluding hydrogens is 408 g/mol. The molecule has 1 N–H and O–H groups in total. The molecule has 0 bridgehead atoms. The lowest BCUT2D eigenvalue weighted by molar-refractivity contribution is 0.208. The van der Waals surface area contributed by atoms with Crippen LogP contribution in [0.3, 0.4) is 0 Å².